The van der Waals surface area contributed by atoms with Crippen molar-refractivity contribution in [2.45, 2.75) is 252 Å². The molecule has 4 aliphatic heterocycles. The molecule has 4 saturated heterocycles. The summed E-state index contributed by atoms with van der Waals surface area (Å²) in [5, 5.41) is 61.5. The van der Waals surface area contributed by atoms with Crippen LogP contribution in [0.25, 0.3) is 0 Å². The van der Waals surface area contributed by atoms with E-state index in [0.717, 1.165) is 5.57 Å². The highest BCUT2D eigenvalue weighted by Gasteiger charge is 2.82. The molecule has 0 unspecified atom stereocenters. The Morgan fingerprint density at radius 1 is 0.625 bits per heavy atom. The Kier molecular flexibility index (Phi) is 20.4. The van der Waals surface area contributed by atoms with Gasteiger partial charge in [0.1, 0.15) is 72.2 Å². The van der Waals surface area contributed by atoms with Gasteiger partial charge in [-0.2, -0.15) is 0 Å². The minimum atomic E-state index is -2.14. The summed E-state index contributed by atoms with van der Waals surface area (Å²) in [5.74, 6) is -2.84. The number of carbonyl (C=O) groups is 3. The summed E-state index contributed by atoms with van der Waals surface area (Å²) in [6, 6.07) is 17.0. The first-order chi connectivity index (χ1) is 41.9. The first-order valence-electron chi connectivity index (χ1n) is 31.1. The van der Waals surface area contributed by atoms with Crippen molar-refractivity contribution in [3.05, 3.63) is 83.4 Å². The Hall–Kier alpha value is -4.09. The van der Waals surface area contributed by atoms with Gasteiger partial charge in [0.2, 0.25) is 0 Å². The van der Waals surface area contributed by atoms with Crippen LogP contribution in [-0.4, -0.2) is 218 Å². The molecular weight excluding hydrogens is 1150 g/mol. The Labute approximate surface area is 514 Å². The minimum Gasteiger partial charge on any atom is -0.461 e. The van der Waals surface area contributed by atoms with Gasteiger partial charge in [0.25, 0.3) is 0 Å². The lowest BCUT2D eigenvalue weighted by molar-refractivity contribution is -0.356. The van der Waals surface area contributed by atoms with Crippen molar-refractivity contribution in [3.63, 3.8) is 0 Å². The van der Waals surface area contributed by atoms with Crippen LogP contribution >= 0.6 is 0 Å². The molecule has 2 aromatic rings. The zero-order valence-electron chi connectivity index (χ0n) is 52.3. The van der Waals surface area contributed by atoms with Gasteiger partial charge in [-0.3, -0.25) is 4.79 Å². The van der Waals surface area contributed by atoms with Gasteiger partial charge in [0.15, 0.2) is 25.2 Å². The van der Waals surface area contributed by atoms with Crippen LogP contribution in [0.3, 0.4) is 0 Å². The summed E-state index contributed by atoms with van der Waals surface area (Å²) in [6.07, 6.45) is -11.6. The number of hydrogen-bond acceptors (Lipinski definition) is 23. The van der Waals surface area contributed by atoms with E-state index < -0.39 is 174 Å². The van der Waals surface area contributed by atoms with E-state index in [2.05, 4.69) is 0 Å². The monoisotopic (exact) mass is 1240 g/mol. The predicted octanol–water partition coefficient (Wildman–Crippen LogP) is 5.01. The van der Waals surface area contributed by atoms with Gasteiger partial charge >= 0.3 is 17.9 Å². The number of carbonyl (C=O) groups excluding carboxylic acids is 3. The van der Waals surface area contributed by atoms with Gasteiger partial charge in [-0.15, -0.1) is 0 Å². The molecule has 2 aromatic carbocycles. The van der Waals surface area contributed by atoms with E-state index in [1.54, 1.807) is 103 Å². The van der Waals surface area contributed by atoms with E-state index in [9.17, 15) is 39.9 Å². The van der Waals surface area contributed by atoms with Crippen molar-refractivity contribution in [3.8, 4) is 0 Å². The number of benzene rings is 2. The summed E-state index contributed by atoms with van der Waals surface area (Å²) >= 11 is 0. The SMILES string of the molecule is CO[C@@H]1[C@@H](O)[C@H](O[C@H]2[C@@H](OC)C[C@H](O[C@H]3[C@@H](OC)C[C@H](O[C@H]4[C@@H](OC)C[C@H](O[C@H]5CC[C@@]6(COC(=O)c7ccccc7)C(=CC[C@]7(O)[C@@H]6C[C@@H](OC(=O)c6ccccc6)[C@@]6(C)[C@]7(O)CC[C@@]6(O)[C@H](C)OC(C)=O)C5)O[C@@H]4C)O[C@@H]3C)O[C@@H]2C)O[C@H](C)[C@H]1O. The maximum Gasteiger partial charge on any atom is 0.338 e. The minimum absolute atomic E-state index is 0.0651. The molecule has 0 spiro atoms. The average molecular weight is 1240 g/mol. The third-order valence-electron chi connectivity index (χ3n) is 21.2. The maximum absolute atomic E-state index is 14.2. The second-order valence-corrected chi connectivity index (χ2v) is 25.8. The van der Waals surface area contributed by atoms with Crippen molar-refractivity contribution >= 4 is 17.9 Å². The lowest BCUT2D eigenvalue weighted by Crippen LogP contribution is -2.79. The van der Waals surface area contributed by atoms with Crippen molar-refractivity contribution in [2.75, 3.05) is 35.0 Å². The van der Waals surface area contributed by atoms with Gasteiger partial charge in [0, 0.05) is 66.0 Å². The summed E-state index contributed by atoms with van der Waals surface area (Å²) in [7, 11) is 6.18. The molecule has 88 heavy (non-hydrogen) atoms. The highest BCUT2D eigenvalue weighted by atomic mass is 16.8. The topological polar surface area (TPSA) is 291 Å². The molecule has 23 nitrogen and oxygen atoms in total. The van der Waals surface area contributed by atoms with Crippen molar-refractivity contribution in [1.82, 2.24) is 0 Å². The summed E-state index contributed by atoms with van der Waals surface area (Å²) < 4.78 is 93.6. The highest BCUT2D eigenvalue weighted by Crippen LogP contribution is 2.72. The summed E-state index contributed by atoms with van der Waals surface area (Å²) in [4.78, 5) is 40.6. The average Bonchev–Trinajstić information content (AvgIpc) is 1.33. The molecule has 23 heteroatoms. The van der Waals surface area contributed by atoms with Gasteiger partial charge in [-0.1, -0.05) is 55.0 Å². The largest absolute Gasteiger partial charge is 0.461 e. The number of rotatable bonds is 19. The first kappa shape index (κ1) is 66.8. The van der Waals surface area contributed by atoms with E-state index in [1.165, 1.54) is 14.0 Å². The van der Waals surface area contributed by atoms with Crippen LogP contribution < -0.4 is 0 Å². The lowest BCUT2D eigenvalue weighted by Gasteiger charge is -2.67. The number of hydrogen-bond donors (Lipinski definition) is 5. The smallest absolute Gasteiger partial charge is 0.338 e. The lowest BCUT2D eigenvalue weighted by atomic mass is 9.42. The van der Waals surface area contributed by atoms with E-state index in [1.807, 2.05) is 26.8 Å². The van der Waals surface area contributed by atoms with Crippen LogP contribution in [0, 0.1) is 16.7 Å². The van der Waals surface area contributed by atoms with Crippen molar-refractivity contribution in [1.29, 1.82) is 0 Å². The summed E-state index contributed by atoms with van der Waals surface area (Å²) in [5.41, 5.74) is -7.63. The van der Waals surface area contributed by atoms with Crippen LogP contribution in [0.4, 0.5) is 0 Å². The Morgan fingerprint density at radius 2 is 1.15 bits per heavy atom. The van der Waals surface area contributed by atoms with Gasteiger partial charge < -0.3 is 96.6 Å². The van der Waals surface area contributed by atoms with E-state index >= 15 is 0 Å². The van der Waals surface area contributed by atoms with Crippen LogP contribution in [-0.2, 0) is 75.8 Å². The molecule has 4 heterocycles. The Bertz CT molecular complexity index is 2740. The zero-order valence-corrected chi connectivity index (χ0v) is 52.3. The van der Waals surface area contributed by atoms with Gasteiger partial charge in [0.05, 0.1) is 65.4 Å². The molecule has 0 amide bonds. The fourth-order valence-corrected chi connectivity index (χ4v) is 16.3. The number of fused-ring (bicyclic) bond motifs is 5. The quantitative estimate of drug-likeness (QED) is 0.0702. The molecule has 5 N–H and O–H groups in total. The molecule has 0 bridgehead atoms. The third-order valence-corrected chi connectivity index (χ3v) is 21.2. The molecule has 7 fully saturated rings. The Balaban J connectivity index is 0.822. The second kappa shape index (κ2) is 26.9. The standard InChI is InChI=1S/C65H92O23/c1-34-52(67)57(77-11)53(68)60(82-34)88-56-37(4)81-51(31-46(56)76-10)87-55-36(3)80-50(30-45(55)75-9)86-54-35(2)79-49(29-44(54)74-8)84-43-23-24-62(33-78-58(69)40-18-14-12-15-19-40)42(28-43)22-25-64(72)47(62)32-48(85-59(70)41-20-16-13-17-21-41)61(7)63(71,26-27-65(61,64)73)38(5)83-39(6)66/h12-22,34-38,43-57,60,67-68,71-73H,23-33H2,1-11H3/t34-,35-,36-,37-,38+,43+,44+,45+,46+,47-,48-,49+,50+,51+,52-,53-,54-,55-,56-,57+,60+,61-,62-,63-,64+,65-/m1/s1. The molecule has 10 rings (SSSR count). The number of aliphatic hydroxyl groups excluding tert-OH is 2. The molecule has 3 saturated carbocycles. The number of esters is 3. The van der Waals surface area contributed by atoms with Crippen LogP contribution in [0.5, 0.6) is 0 Å². The van der Waals surface area contributed by atoms with Crippen molar-refractivity contribution < 1.29 is 111 Å². The van der Waals surface area contributed by atoms with E-state index in [4.69, 9.17) is 71.1 Å². The molecule has 490 valence electrons. The normalized spacial score (nSPS) is 44.5. The second-order valence-electron chi connectivity index (χ2n) is 25.8. The molecule has 4 aliphatic carbocycles. The molecule has 8 aliphatic rings. The van der Waals surface area contributed by atoms with E-state index in [0.29, 0.717) is 37.7 Å². The molecule has 0 radical (unpaired) electrons. The number of ether oxygens (including phenoxy) is 15. The molecule has 26 atom stereocenters. The Morgan fingerprint density at radius 3 is 1.67 bits per heavy atom. The van der Waals surface area contributed by atoms with Gasteiger partial charge in [-0.25, -0.2) is 9.59 Å². The first-order valence-corrected chi connectivity index (χ1v) is 31.1. The summed E-state index contributed by atoms with van der Waals surface area (Å²) in [6.45, 7) is 11.4. The fourth-order valence-electron chi connectivity index (χ4n) is 16.3. The fraction of sp³-hybridized carbons (Fsp3) is 0.738. The van der Waals surface area contributed by atoms with Crippen molar-refractivity contribution in [2.24, 2.45) is 16.7 Å². The van der Waals surface area contributed by atoms with Gasteiger partial charge in [-0.05, 0) is 104 Å². The number of methoxy groups -OCH3 is 4. The molecular formula is C65H92O23. The third kappa shape index (κ3) is 12.2. The highest BCUT2D eigenvalue weighted by molar-refractivity contribution is 5.90. The molecule has 0 aromatic heterocycles. The maximum atomic E-state index is 14.2. The van der Waals surface area contributed by atoms with Crippen LogP contribution in [0.2, 0.25) is 0 Å². The van der Waals surface area contributed by atoms with E-state index in [-0.39, 0.29) is 44.3 Å². The predicted molar refractivity (Wildman–Crippen MR) is 309 cm³/mol. The van der Waals surface area contributed by atoms with Crippen LogP contribution in [0.15, 0.2) is 72.3 Å². The zero-order chi connectivity index (χ0) is 63.3. The van der Waals surface area contributed by atoms with Crippen LogP contribution in [0.1, 0.15) is 133 Å². The number of aliphatic hydroxyl groups is 5.